The van der Waals surface area contributed by atoms with Gasteiger partial charge in [-0.3, -0.25) is 10.1 Å². The summed E-state index contributed by atoms with van der Waals surface area (Å²) in [4.78, 5) is 25.6. The number of imidazole rings is 1. The van der Waals surface area contributed by atoms with Gasteiger partial charge in [0, 0.05) is 15.6 Å². The minimum atomic E-state index is -0.253. The third kappa shape index (κ3) is 3.63. The summed E-state index contributed by atoms with van der Waals surface area (Å²) in [6.45, 7) is 0. The Hall–Kier alpha value is -2.64. The van der Waals surface area contributed by atoms with Crippen LogP contribution < -0.4 is 5.32 Å². The Morgan fingerprint density at radius 1 is 1.04 bits per heavy atom. The van der Waals surface area contributed by atoms with Crippen LogP contribution in [0.1, 0.15) is 10.4 Å². The molecule has 0 saturated heterocycles. The summed E-state index contributed by atoms with van der Waals surface area (Å²) < 4.78 is 1.01. The van der Waals surface area contributed by atoms with Gasteiger partial charge in [0.2, 0.25) is 5.95 Å². The molecule has 128 valence electrons. The lowest BCUT2D eigenvalue weighted by molar-refractivity contribution is 0.102. The standard InChI is InChI=1S/C19H13BrN4OS/c20-12-7-9-13(10-8-12)26-18-14(4-3-11-21-18)17(25)24-19-22-15-5-1-2-6-16(15)23-19/h1-11H,(H2,22,23,24,25). The number of aromatic amines is 1. The van der Waals surface area contributed by atoms with E-state index in [9.17, 15) is 4.79 Å². The van der Waals surface area contributed by atoms with Crippen molar-refractivity contribution in [3.63, 3.8) is 0 Å². The Morgan fingerprint density at radius 2 is 1.85 bits per heavy atom. The highest BCUT2D eigenvalue weighted by Gasteiger charge is 2.15. The zero-order chi connectivity index (χ0) is 17.9. The summed E-state index contributed by atoms with van der Waals surface area (Å²) in [5, 5.41) is 3.46. The van der Waals surface area contributed by atoms with Crippen molar-refractivity contribution < 1.29 is 4.79 Å². The van der Waals surface area contributed by atoms with Crippen LogP contribution >= 0.6 is 27.7 Å². The maximum atomic E-state index is 12.7. The number of H-pyrrole nitrogens is 1. The quantitative estimate of drug-likeness (QED) is 0.476. The fourth-order valence-electron chi connectivity index (χ4n) is 2.45. The first kappa shape index (κ1) is 16.8. The molecular formula is C19H13BrN4OS. The van der Waals surface area contributed by atoms with Crippen LogP contribution in [-0.2, 0) is 0 Å². The number of anilines is 1. The van der Waals surface area contributed by atoms with Gasteiger partial charge in [-0.2, -0.15) is 0 Å². The van der Waals surface area contributed by atoms with Crippen LogP contribution in [0.5, 0.6) is 0 Å². The molecule has 0 aliphatic rings. The Labute approximate surface area is 162 Å². The van der Waals surface area contributed by atoms with Gasteiger partial charge in [-0.15, -0.1) is 0 Å². The number of carbonyl (C=O) groups is 1. The van der Waals surface area contributed by atoms with Gasteiger partial charge in [-0.05, 0) is 48.5 Å². The summed E-state index contributed by atoms with van der Waals surface area (Å²) >= 11 is 4.86. The zero-order valence-corrected chi connectivity index (χ0v) is 15.8. The number of nitrogens with one attached hydrogen (secondary N) is 2. The minimum Gasteiger partial charge on any atom is -0.324 e. The molecule has 2 aromatic heterocycles. The van der Waals surface area contributed by atoms with Gasteiger partial charge >= 0.3 is 0 Å². The number of nitrogens with zero attached hydrogens (tertiary/aromatic N) is 2. The van der Waals surface area contributed by atoms with Crippen LogP contribution in [0.2, 0.25) is 0 Å². The lowest BCUT2D eigenvalue weighted by atomic mass is 10.3. The van der Waals surface area contributed by atoms with E-state index in [1.54, 1.807) is 18.3 Å². The van der Waals surface area contributed by atoms with Crippen LogP contribution in [0.25, 0.3) is 11.0 Å². The zero-order valence-electron chi connectivity index (χ0n) is 13.4. The van der Waals surface area contributed by atoms with Crippen LogP contribution in [-0.4, -0.2) is 20.9 Å². The van der Waals surface area contributed by atoms with E-state index in [0.717, 1.165) is 20.4 Å². The molecule has 2 aromatic carbocycles. The largest absolute Gasteiger partial charge is 0.324 e. The van der Waals surface area contributed by atoms with E-state index in [1.807, 2.05) is 48.5 Å². The van der Waals surface area contributed by atoms with Gasteiger partial charge in [0.25, 0.3) is 5.91 Å². The lowest BCUT2D eigenvalue weighted by Gasteiger charge is -2.07. The first-order chi connectivity index (χ1) is 12.7. The van der Waals surface area contributed by atoms with Crippen molar-refractivity contribution in [1.82, 2.24) is 15.0 Å². The van der Waals surface area contributed by atoms with Crippen LogP contribution in [0.4, 0.5) is 5.95 Å². The molecule has 2 N–H and O–H groups in total. The normalized spacial score (nSPS) is 10.8. The maximum absolute atomic E-state index is 12.7. The predicted molar refractivity (Wildman–Crippen MR) is 107 cm³/mol. The number of aromatic nitrogens is 3. The van der Waals surface area contributed by atoms with Crippen molar-refractivity contribution in [1.29, 1.82) is 0 Å². The SMILES string of the molecule is O=C(Nc1nc2ccccc2[nH]1)c1cccnc1Sc1ccc(Br)cc1. The van der Waals surface area contributed by atoms with Crippen molar-refractivity contribution in [2.24, 2.45) is 0 Å². The molecule has 0 aliphatic heterocycles. The smallest absolute Gasteiger partial charge is 0.260 e. The molecule has 0 spiro atoms. The number of para-hydroxylation sites is 2. The second-order valence-electron chi connectivity index (χ2n) is 5.47. The highest BCUT2D eigenvalue weighted by molar-refractivity contribution is 9.10. The minimum absolute atomic E-state index is 0.253. The number of benzene rings is 2. The number of hydrogen-bond donors (Lipinski definition) is 2. The summed E-state index contributed by atoms with van der Waals surface area (Å²) in [6, 6.07) is 19.0. The topological polar surface area (TPSA) is 70.7 Å². The van der Waals surface area contributed by atoms with Crippen molar-refractivity contribution in [2.75, 3.05) is 5.32 Å². The molecule has 2 heterocycles. The first-order valence-corrected chi connectivity index (χ1v) is 9.44. The Bertz CT molecular complexity index is 1050. The van der Waals surface area contributed by atoms with Crippen molar-refractivity contribution in [3.05, 3.63) is 76.9 Å². The highest BCUT2D eigenvalue weighted by atomic mass is 79.9. The van der Waals surface area contributed by atoms with Gasteiger partial charge in [0.05, 0.1) is 16.6 Å². The fourth-order valence-corrected chi connectivity index (χ4v) is 3.59. The molecule has 0 atom stereocenters. The summed E-state index contributed by atoms with van der Waals surface area (Å²) in [5.74, 6) is 0.163. The molecule has 1 amide bonds. The van der Waals surface area contributed by atoms with E-state index in [4.69, 9.17) is 0 Å². The van der Waals surface area contributed by atoms with Gasteiger partial charge in [-0.25, -0.2) is 9.97 Å². The van der Waals surface area contributed by atoms with Crippen molar-refractivity contribution in [3.8, 4) is 0 Å². The molecule has 4 aromatic rings. The molecule has 0 aliphatic carbocycles. The summed E-state index contributed by atoms with van der Waals surface area (Å²) in [6.07, 6.45) is 1.68. The van der Waals surface area contributed by atoms with E-state index < -0.39 is 0 Å². The third-order valence-corrected chi connectivity index (χ3v) is 5.22. The Morgan fingerprint density at radius 3 is 2.65 bits per heavy atom. The number of rotatable bonds is 4. The molecule has 0 radical (unpaired) electrons. The van der Waals surface area contributed by atoms with E-state index in [1.165, 1.54) is 11.8 Å². The van der Waals surface area contributed by atoms with E-state index in [-0.39, 0.29) is 5.91 Å². The molecule has 26 heavy (non-hydrogen) atoms. The summed E-state index contributed by atoms with van der Waals surface area (Å²) in [7, 11) is 0. The van der Waals surface area contributed by atoms with E-state index in [0.29, 0.717) is 16.5 Å². The molecular weight excluding hydrogens is 412 g/mol. The number of halogens is 1. The first-order valence-electron chi connectivity index (χ1n) is 7.83. The average Bonchev–Trinajstić information content (AvgIpc) is 3.06. The number of pyridine rings is 1. The maximum Gasteiger partial charge on any atom is 0.260 e. The number of hydrogen-bond acceptors (Lipinski definition) is 4. The molecule has 0 unspecified atom stereocenters. The molecule has 0 saturated carbocycles. The number of amides is 1. The second kappa shape index (κ2) is 7.31. The van der Waals surface area contributed by atoms with Gasteiger partial charge in [-0.1, -0.05) is 39.8 Å². The summed E-state index contributed by atoms with van der Waals surface area (Å²) in [5.41, 5.74) is 2.18. The van der Waals surface area contributed by atoms with Crippen LogP contribution in [0.3, 0.4) is 0 Å². The highest BCUT2D eigenvalue weighted by Crippen LogP contribution is 2.30. The molecule has 0 bridgehead atoms. The molecule has 0 fully saturated rings. The second-order valence-corrected chi connectivity index (χ2v) is 7.45. The molecule has 7 heteroatoms. The van der Waals surface area contributed by atoms with Crippen molar-refractivity contribution in [2.45, 2.75) is 9.92 Å². The van der Waals surface area contributed by atoms with Crippen LogP contribution in [0, 0.1) is 0 Å². The van der Waals surface area contributed by atoms with Gasteiger partial charge in [0.1, 0.15) is 5.03 Å². The van der Waals surface area contributed by atoms with Crippen LogP contribution in [0.15, 0.2) is 81.3 Å². The molecule has 4 rings (SSSR count). The van der Waals surface area contributed by atoms with E-state index in [2.05, 4.69) is 36.2 Å². The third-order valence-electron chi connectivity index (χ3n) is 3.67. The molecule has 5 nitrogen and oxygen atoms in total. The Balaban J connectivity index is 1.58. The lowest BCUT2D eigenvalue weighted by Crippen LogP contribution is -2.14. The number of fused-ring (bicyclic) bond motifs is 1. The van der Waals surface area contributed by atoms with Crippen molar-refractivity contribution >= 4 is 50.6 Å². The Kier molecular flexibility index (Phi) is 4.73. The van der Waals surface area contributed by atoms with E-state index >= 15 is 0 Å². The number of carbonyl (C=O) groups excluding carboxylic acids is 1. The van der Waals surface area contributed by atoms with Gasteiger partial charge in [0.15, 0.2) is 0 Å². The average molecular weight is 425 g/mol. The van der Waals surface area contributed by atoms with Gasteiger partial charge < -0.3 is 4.98 Å². The predicted octanol–water partition coefficient (Wildman–Crippen LogP) is 5.12. The monoisotopic (exact) mass is 424 g/mol. The fraction of sp³-hybridized carbons (Fsp3) is 0.